The van der Waals surface area contributed by atoms with Crippen LogP contribution in [0.1, 0.15) is 15.9 Å². The first kappa shape index (κ1) is 16.5. The van der Waals surface area contributed by atoms with Crippen molar-refractivity contribution in [2.75, 3.05) is 14.1 Å². The highest BCUT2D eigenvalue weighted by Gasteiger charge is 2.11. The fourth-order valence-corrected chi connectivity index (χ4v) is 2.13. The van der Waals surface area contributed by atoms with Gasteiger partial charge in [0, 0.05) is 38.5 Å². The van der Waals surface area contributed by atoms with Crippen LogP contribution in [0.15, 0.2) is 53.5 Å². The lowest BCUT2D eigenvalue weighted by molar-refractivity contribution is -0.131. The summed E-state index contributed by atoms with van der Waals surface area (Å²) in [6.45, 7) is 0.418. The molecule has 0 unspecified atom stereocenters. The van der Waals surface area contributed by atoms with Crippen molar-refractivity contribution in [1.82, 2.24) is 14.8 Å². The van der Waals surface area contributed by atoms with E-state index in [9.17, 15) is 14.4 Å². The molecule has 0 aliphatic heterocycles. The van der Waals surface area contributed by atoms with Gasteiger partial charge in [-0.15, -0.1) is 0 Å². The Hall–Kier alpha value is -2.89. The Balaban J connectivity index is 1.99. The van der Waals surface area contributed by atoms with Crippen molar-refractivity contribution in [3.63, 3.8) is 0 Å². The summed E-state index contributed by atoms with van der Waals surface area (Å²) in [5.74, 6) is -0.307. The third-order valence-electron chi connectivity index (χ3n) is 3.49. The van der Waals surface area contributed by atoms with Gasteiger partial charge in [0.25, 0.3) is 11.5 Å². The van der Waals surface area contributed by atoms with E-state index < -0.39 is 0 Å². The second kappa shape index (κ2) is 7.40. The van der Waals surface area contributed by atoms with Crippen molar-refractivity contribution < 1.29 is 9.59 Å². The Bertz CT molecular complexity index is 750. The van der Waals surface area contributed by atoms with Crippen LogP contribution in [0.5, 0.6) is 0 Å². The predicted molar refractivity (Wildman–Crippen MR) is 87.0 cm³/mol. The minimum Gasteiger partial charge on any atom is -0.355 e. The molecule has 1 N–H and O–H groups in total. The molecule has 1 aromatic carbocycles. The van der Waals surface area contributed by atoms with E-state index >= 15 is 0 Å². The number of pyridine rings is 1. The summed E-state index contributed by atoms with van der Waals surface area (Å²) < 4.78 is 1.37. The van der Waals surface area contributed by atoms with E-state index in [1.165, 1.54) is 10.6 Å². The molecule has 2 amide bonds. The fraction of sp³-hybridized carbons (Fsp3) is 0.235. The lowest BCUT2D eigenvalue weighted by Gasteiger charge is -2.18. The number of nitrogens with zero attached hydrogens (tertiary/aromatic N) is 2. The van der Waals surface area contributed by atoms with Gasteiger partial charge >= 0.3 is 0 Å². The van der Waals surface area contributed by atoms with Crippen LogP contribution in [-0.2, 0) is 17.9 Å². The zero-order valence-corrected chi connectivity index (χ0v) is 13.2. The third-order valence-corrected chi connectivity index (χ3v) is 3.49. The molecule has 0 radical (unpaired) electrons. The normalized spacial score (nSPS) is 10.2. The Labute approximate surface area is 134 Å². The Morgan fingerprint density at radius 3 is 2.43 bits per heavy atom. The number of carbonyl (C=O) groups is 2. The Morgan fingerprint density at radius 2 is 1.83 bits per heavy atom. The smallest absolute Gasteiger partial charge is 0.251 e. The van der Waals surface area contributed by atoms with Crippen molar-refractivity contribution >= 4 is 11.8 Å². The molecule has 6 heteroatoms. The number of benzene rings is 1. The van der Waals surface area contributed by atoms with Gasteiger partial charge in [-0.1, -0.05) is 18.2 Å². The Morgan fingerprint density at radius 1 is 1.13 bits per heavy atom. The van der Waals surface area contributed by atoms with E-state index in [4.69, 9.17) is 0 Å². The van der Waals surface area contributed by atoms with Crippen molar-refractivity contribution in [3.05, 3.63) is 70.1 Å². The zero-order chi connectivity index (χ0) is 16.8. The van der Waals surface area contributed by atoms with Gasteiger partial charge in [0.15, 0.2) is 0 Å². The third kappa shape index (κ3) is 4.29. The van der Waals surface area contributed by atoms with E-state index in [1.807, 2.05) is 12.1 Å². The molecule has 0 bridgehead atoms. The van der Waals surface area contributed by atoms with Gasteiger partial charge in [0.2, 0.25) is 5.91 Å². The van der Waals surface area contributed by atoms with Crippen LogP contribution in [0.25, 0.3) is 0 Å². The first-order chi connectivity index (χ1) is 11.0. The molecule has 0 aliphatic carbocycles. The number of amides is 2. The van der Waals surface area contributed by atoms with Crippen LogP contribution in [0.2, 0.25) is 0 Å². The van der Waals surface area contributed by atoms with Gasteiger partial charge in [-0.3, -0.25) is 14.4 Å². The molecule has 0 saturated carbocycles. The van der Waals surface area contributed by atoms with Crippen molar-refractivity contribution in [1.29, 1.82) is 0 Å². The first-order valence-corrected chi connectivity index (χ1v) is 7.21. The van der Waals surface area contributed by atoms with E-state index in [0.717, 1.165) is 5.56 Å². The maximum atomic E-state index is 12.2. The molecule has 1 aromatic heterocycles. The van der Waals surface area contributed by atoms with Crippen molar-refractivity contribution in [3.8, 4) is 0 Å². The van der Waals surface area contributed by atoms with Gasteiger partial charge in [0.05, 0.1) is 0 Å². The summed E-state index contributed by atoms with van der Waals surface area (Å²) in [5, 5.41) is 2.56. The van der Waals surface area contributed by atoms with Gasteiger partial charge in [-0.25, -0.2) is 0 Å². The first-order valence-electron chi connectivity index (χ1n) is 7.21. The van der Waals surface area contributed by atoms with Gasteiger partial charge in [0.1, 0.15) is 6.54 Å². The summed E-state index contributed by atoms with van der Waals surface area (Å²) in [6, 6.07) is 11.8. The molecule has 120 valence electrons. The minimum absolute atomic E-state index is 0.00645. The molecule has 0 fully saturated rings. The molecule has 23 heavy (non-hydrogen) atoms. The van der Waals surface area contributed by atoms with Gasteiger partial charge in [-0.2, -0.15) is 0 Å². The molecule has 0 saturated heterocycles. The van der Waals surface area contributed by atoms with Crippen molar-refractivity contribution in [2.45, 2.75) is 13.1 Å². The lowest BCUT2D eigenvalue weighted by Crippen LogP contribution is -2.33. The monoisotopic (exact) mass is 313 g/mol. The highest BCUT2D eigenvalue weighted by molar-refractivity contribution is 5.93. The fourth-order valence-electron chi connectivity index (χ4n) is 2.13. The number of likely N-dealkylation sites (N-methyl/N-ethyl adjacent to an activating group) is 1. The second-order valence-electron chi connectivity index (χ2n) is 5.19. The molecule has 6 nitrogen and oxygen atoms in total. The summed E-state index contributed by atoms with van der Waals surface area (Å²) >= 11 is 0. The average molecular weight is 313 g/mol. The van der Waals surface area contributed by atoms with Crippen LogP contribution >= 0.6 is 0 Å². The van der Waals surface area contributed by atoms with Crippen LogP contribution < -0.4 is 10.9 Å². The van der Waals surface area contributed by atoms with E-state index in [1.54, 1.807) is 49.5 Å². The maximum absolute atomic E-state index is 12.2. The molecular weight excluding hydrogens is 294 g/mol. The van der Waals surface area contributed by atoms with Crippen LogP contribution in [-0.4, -0.2) is 35.4 Å². The second-order valence-corrected chi connectivity index (χ2v) is 5.19. The van der Waals surface area contributed by atoms with Crippen LogP contribution in [0, 0.1) is 0 Å². The maximum Gasteiger partial charge on any atom is 0.251 e. The molecule has 1 heterocycles. The summed E-state index contributed by atoms with van der Waals surface area (Å²) in [6.07, 6.45) is 1.59. The van der Waals surface area contributed by atoms with Gasteiger partial charge < -0.3 is 14.8 Å². The van der Waals surface area contributed by atoms with E-state index in [2.05, 4.69) is 5.32 Å². The molecule has 2 rings (SSSR count). The Kier molecular flexibility index (Phi) is 5.30. The topological polar surface area (TPSA) is 71.4 Å². The standard InChI is InChI=1S/C17H19N3O3/c1-18-17(23)14-8-6-13(7-9-14)11-19(2)16(22)12-20-10-4-3-5-15(20)21/h3-10H,11-12H2,1-2H3,(H,18,23). The number of hydrogen-bond acceptors (Lipinski definition) is 3. The average Bonchev–Trinajstić information content (AvgIpc) is 2.56. The van der Waals surface area contributed by atoms with Gasteiger partial charge in [-0.05, 0) is 23.8 Å². The van der Waals surface area contributed by atoms with Crippen molar-refractivity contribution in [2.24, 2.45) is 0 Å². The highest BCUT2D eigenvalue weighted by Crippen LogP contribution is 2.07. The predicted octanol–water partition coefficient (Wildman–Crippen LogP) is 0.866. The molecule has 0 aliphatic rings. The number of nitrogens with one attached hydrogen (secondary N) is 1. The molecule has 0 spiro atoms. The van der Waals surface area contributed by atoms with E-state index in [-0.39, 0.29) is 23.9 Å². The molecule has 2 aromatic rings. The van der Waals surface area contributed by atoms with Crippen LogP contribution in [0.4, 0.5) is 0 Å². The minimum atomic E-state index is -0.204. The van der Waals surface area contributed by atoms with Crippen LogP contribution in [0.3, 0.4) is 0 Å². The SMILES string of the molecule is CNC(=O)c1ccc(CN(C)C(=O)Cn2ccccc2=O)cc1. The number of carbonyl (C=O) groups excluding carboxylic acids is 2. The molecule has 0 atom stereocenters. The summed E-state index contributed by atoms with van der Waals surface area (Å²) in [7, 11) is 3.26. The zero-order valence-electron chi connectivity index (χ0n) is 13.2. The number of aromatic nitrogens is 1. The number of hydrogen-bond donors (Lipinski definition) is 1. The quantitative estimate of drug-likeness (QED) is 0.890. The largest absolute Gasteiger partial charge is 0.355 e. The highest BCUT2D eigenvalue weighted by atomic mass is 16.2. The van der Waals surface area contributed by atoms with E-state index in [0.29, 0.717) is 12.1 Å². The number of rotatable bonds is 5. The lowest BCUT2D eigenvalue weighted by atomic mass is 10.1. The summed E-state index contributed by atoms with van der Waals surface area (Å²) in [5.41, 5.74) is 1.28. The summed E-state index contributed by atoms with van der Waals surface area (Å²) in [4.78, 5) is 36.8. The molecular formula is C17H19N3O3.